The molecule has 0 aromatic carbocycles. The molecule has 2 heterocycles. The molecule has 1 aromatic heterocycles. The van der Waals surface area contributed by atoms with Crippen LogP contribution in [0.25, 0.3) is 0 Å². The number of anilines is 1. The van der Waals surface area contributed by atoms with Crippen molar-refractivity contribution in [1.29, 1.82) is 0 Å². The van der Waals surface area contributed by atoms with Crippen LogP contribution in [0.1, 0.15) is 36.4 Å². The van der Waals surface area contributed by atoms with Gasteiger partial charge in [-0.05, 0) is 44.2 Å². The summed E-state index contributed by atoms with van der Waals surface area (Å²) in [5.74, 6) is 1.93. The fourth-order valence-corrected chi connectivity index (χ4v) is 3.90. The van der Waals surface area contributed by atoms with Crippen molar-refractivity contribution in [3.8, 4) is 0 Å². The van der Waals surface area contributed by atoms with E-state index in [-0.39, 0.29) is 0 Å². The van der Waals surface area contributed by atoms with Crippen molar-refractivity contribution in [2.24, 2.45) is 0 Å². The smallest absolute Gasteiger partial charge is 0.128 e. The Labute approximate surface area is 108 Å². The SMILES string of the molecule is CNC(c1cc(C)cnc1N)C1CCCCS1. The Morgan fingerprint density at radius 2 is 2.35 bits per heavy atom. The molecule has 0 radical (unpaired) electrons. The Balaban J connectivity index is 2.24. The normalized spacial score (nSPS) is 22.4. The van der Waals surface area contributed by atoms with Crippen LogP contribution < -0.4 is 11.1 Å². The molecule has 0 amide bonds. The molecule has 0 aliphatic carbocycles. The average Bonchev–Trinajstić information content (AvgIpc) is 2.36. The maximum atomic E-state index is 6.01. The van der Waals surface area contributed by atoms with Crippen LogP contribution in [0.4, 0.5) is 5.82 Å². The van der Waals surface area contributed by atoms with Crippen LogP contribution in [0.15, 0.2) is 12.3 Å². The highest BCUT2D eigenvalue weighted by molar-refractivity contribution is 8.00. The standard InChI is InChI=1S/C13H21N3S/c1-9-7-10(13(14)16-8-9)12(15-2)11-5-3-4-6-17-11/h7-8,11-12,15H,3-6H2,1-2H3,(H2,14,16). The number of pyridine rings is 1. The van der Waals surface area contributed by atoms with Crippen molar-refractivity contribution >= 4 is 17.6 Å². The minimum absolute atomic E-state index is 0.327. The van der Waals surface area contributed by atoms with Crippen molar-refractivity contribution < 1.29 is 0 Å². The lowest BCUT2D eigenvalue weighted by Gasteiger charge is -2.30. The Kier molecular flexibility index (Phi) is 4.29. The highest BCUT2D eigenvalue weighted by Crippen LogP contribution is 2.36. The van der Waals surface area contributed by atoms with E-state index in [1.807, 2.05) is 13.2 Å². The molecule has 94 valence electrons. The molecule has 2 unspecified atom stereocenters. The van der Waals surface area contributed by atoms with E-state index < -0.39 is 0 Å². The second kappa shape index (κ2) is 5.74. The first-order valence-electron chi connectivity index (χ1n) is 6.23. The van der Waals surface area contributed by atoms with Gasteiger partial charge in [-0.1, -0.05) is 6.42 Å². The third-order valence-electron chi connectivity index (χ3n) is 3.32. The summed E-state index contributed by atoms with van der Waals surface area (Å²) in [5.41, 5.74) is 8.35. The molecular weight excluding hydrogens is 230 g/mol. The molecule has 1 aliphatic rings. The van der Waals surface area contributed by atoms with E-state index in [1.165, 1.54) is 30.6 Å². The first-order valence-corrected chi connectivity index (χ1v) is 7.28. The first kappa shape index (κ1) is 12.7. The first-order chi connectivity index (χ1) is 8.22. The average molecular weight is 251 g/mol. The predicted molar refractivity (Wildman–Crippen MR) is 75.3 cm³/mol. The van der Waals surface area contributed by atoms with E-state index in [0.717, 1.165) is 5.56 Å². The molecule has 3 N–H and O–H groups in total. The molecule has 3 nitrogen and oxygen atoms in total. The van der Waals surface area contributed by atoms with E-state index in [2.05, 4.69) is 35.1 Å². The largest absolute Gasteiger partial charge is 0.383 e. The minimum Gasteiger partial charge on any atom is -0.383 e. The van der Waals surface area contributed by atoms with Gasteiger partial charge in [0.25, 0.3) is 0 Å². The van der Waals surface area contributed by atoms with Crippen molar-refractivity contribution in [2.75, 3.05) is 18.5 Å². The quantitative estimate of drug-likeness (QED) is 0.866. The Hall–Kier alpha value is -0.740. The Morgan fingerprint density at radius 1 is 1.53 bits per heavy atom. The van der Waals surface area contributed by atoms with Crippen molar-refractivity contribution in [1.82, 2.24) is 10.3 Å². The number of nitrogens with two attached hydrogens (primary N) is 1. The predicted octanol–water partition coefficient (Wildman–Crippen LogP) is 2.52. The Bertz CT molecular complexity index is 375. The molecule has 1 saturated heterocycles. The van der Waals surface area contributed by atoms with Gasteiger partial charge in [0.1, 0.15) is 5.82 Å². The fourth-order valence-electron chi connectivity index (χ4n) is 2.42. The summed E-state index contributed by atoms with van der Waals surface area (Å²) < 4.78 is 0. The summed E-state index contributed by atoms with van der Waals surface area (Å²) in [5, 5.41) is 4.04. The van der Waals surface area contributed by atoms with Gasteiger partial charge >= 0.3 is 0 Å². The van der Waals surface area contributed by atoms with Gasteiger partial charge < -0.3 is 11.1 Å². The van der Waals surface area contributed by atoms with Gasteiger partial charge in [-0.3, -0.25) is 0 Å². The van der Waals surface area contributed by atoms with Gasteiger partial charge in [-0.2, -0.15) is 11.8 Å². The molecule has 1 aliphatic heterocycles. The highest BCUT2D eigenvalue weighted by atomic mass is 32.2. The number of nitrogen functional groups attached to an aromatic ring is 1. The molecular formula is C13H21N3S. The summed E-state index contributed by atoms with van der Waals surface area (Å²) in [6.07, 6.45) is 5.78. The molecule has 4 heteroatoms. The molecule has 0 spiro atoms. The number of rotatable bonds is 3. The van der Waals surface area contributed by atoms with Crippen LogP contribution in [0, 0.1) is 6.92 Å². The van der Waals surface area contributed by atoms with Gasteiger partial charge in [-0.25, -0.2) is 4.98 Å². The lowest BCUT2D eigenvalue weighted by atomic mass is 9.99. The number of aryl methyl sites for hydroxylation is 1. The second-order valence-corrected chi connectivity index (χ2v) is 6.01. The number of nitrogens with one attached hydrogen (secondary N) is 1. The van der Waals surface area contributed by atoms with Gasteiger partial charge in [0, 0.05) is 23.1 Å². The summed E-state index contributed by atoms with van der Waals surface area (Å²) in [4.78, 5) is 4.27. The van der Waals surface area contributed by atoms with Gasteiger partial charge in [0.2, 0.25) is 0 Å². The van der Waals surface area contributed by atoms with Crippen LogP contribution in [-0.2, 0) is 0 Å². The molecule has 0 saturated carbocycles. The molecule has 0 bridgehead atoms. The lowest BCUT2D eigenvalue weighted by Crippen LogP contribution is -2.30. The molecule has 2 atom stereocenters. The van der Waals surface area contributed by atoms with Crippen LogP contribution in [0.3, 0.4) is 0 Å². The highest BCUT2D eigenvalue weighted by Gasteiger charge is 2.26. The van der Waals surface area contributed by atoms with Crippen LogP contribution in [0.2, 0.25) is 0 Å². The second-order valence-electron chi connectivity index (χ2n) is 4.66. The minimum atomic E-state index is 0.327. The maximum Gasteiger partial charge on any atom is 0.128 e. The van der Waals surface area contributed by atoms with Crippen LogP contribution in [-0.4, -0.2) is 23.0 Å². The topological polar surface area (TPSA) is 50.9 Å². The maximum absolute atomic E-state index is 6.01. The summed E-state index contributed by atoms with van der Waals surface area (Å²) in [6.45, 7) is 2.07. The van der Waals surface area contributed by atoms with Crippen LogP contribution >= 0.6 is 11.8 Å². The molecule has 2 rings (SSSR count). The number of hydrogen-bond acceptors (Lipinski definition) is 4. The van der Waals surface area contributed by atoms with Crippen molar-refractivity contribution in [3.63, 3.8) is 0 Å². The van der Waals surface area contributed by atoms with Gasteiger partial charge in [0.05, 0.1) is 0 Å². The molecule has 17 heavy (non-hydrogen) atoms. The van der Waals surface area contributed by atoms with Crippen molar-refractivity contribution in [3.05, 3.63) is 23.4 Å². The van der Waals surface area contributed by atoms with Gasteiger partial charge in [0.15, 0.2) is 0 Å². The van der Waals surface area contributed by atoms with Crippen molar-refractivity contribution in [2.45, 2.75) is 37.5 Å². The van der Waals surface area contributed by atoms with E-state index in [4.69, 9.17) is 5.73 Å². The fraction of sp³-hybridized carbons (Fsp3) is 0.615. The zero-order valence-electron chi connectivity index (χ0n) is 10.6. The molecule has 1 fully saturated rings. The van der Waals surface area contributed by atoms with Crippen LogP contribution in [0.5, 0.6) is 0 Å². The summed E-state index contributed by atoms with van der Waals surface area (Å²) >= 11 is 2.06. The van der Waals surface area contributed by atoms with E-state index in [1.54, 1.807) is 0 Å². The number of nitrogens with zero attached hydrogens (tertiary/aromatic N) is 1. The zero-order chi connectivity index (χ0) is 12.3. The third kappa shape index (κ3) is 2.93. The molecule has 1 aromatic rings. The van der Waals surface area contributed by atoms with E-state index in [0.29, 0.717) is 17.1 Å². The zero-order valence-corrected chi connectivity index (χ0v) is 11.4. The van der Waals surface area contributed by atoms with E-state index in [9.17, 15) is 0 Å². The van der Waals surface area contributed by atoms with E-state index >= 15 is 0 Å². The Morgan fingerprint density at radius 3 is 3.00 bits per heavy atom. The summed E-state index contributed by atoms with van der Waals surface area (Å²) in [6, 6.07) is 2.49. The number of aromatic nitrogens is 1. The third-order valence-corrected chi connectivity index (χ3v) is 4.78. The van der Waals surface area contributed by atoms with Gasteiger partial charge in [-0.15, -0.1) is 0 Å². The number of thioether (sulfide) groups is 1. The summed E-state index contributed by atoms with van der Waals surface area (Å²) in [7, 11) is 2.02. The monoisotopic (exact) mass is 251 g/mol. The number of hydrogen-bond donors (Lipinski definition) is 2. The lowest BCUT2D eigenvalue weighted by molar-refractivity contribution is 0.516.